The number of H-pyrrole nitrogens is 1. The van der Waals surface area contributed by atoms with Gasteiger partial charge in [-0.1, -0.05) is 0 Å². The first kappa shape index (κ1) is 17.4. The quantitative estimate of drug-likeness (QED) is 0.731. The first-order chi connectivity index (χ1) is 13.5. The van der Waals surface area contributed by atoms with Crippen molar-refractivity contribution in [1.82, 2.24) is 34.9 Å². The number of aromatic nitrogens is 6. The second-order valence-electron chi connectivity index (χ2n) is 7.23. The van der Waals surface area contributed by atoms with Crippen LogP contribution in [0.1, 0.15) is 29.2 Å². The summed E-state index contributed by atoms with van der Waals surface area (Å²) in [7, 11) is 0. The molecule has 1 aliphatic heterocycles. The molecule has 1 N–H and O–H groups in total. The highest BCUT2D eigenvalue weighted by molar-refractivity contribution is 5.46. The summed E-state index contributed by atoms with van der Waals surface area (Å²) in [5.41, 5.74) is 3.84. The molecule has 1 aliphatic carbocycles. The number of aryl methyl sites for hydroxylation is 1. The highest BCUT2D eigenvalue weighted by atomic mass is 19.4. The Hall–Kier alpha value is -2.69. The fourth-order valence-corrected chi connectivity index (χ4v) is 3.99. The molecule has 3 aromatic rings. The first-order valence-corrected chi connectivity index (χ1v) is 9.31. The molecule has 8 nitrogen and oxygen atoms in total. The van der Waals surface area contributed by atoms with Gasteiger partial charge in [0.25, 0.3) is 5.82 Å². The number of piperazine rings is 1. The van der Waals surface area contributed by atoms with Gasteiger partial charge < -0.3 is 4.90 Å². The van der Waals surface area contributed by atoms with E-state index >= 15 is 0 Å². The first-order valence-electron chi connectivity index (χ1n) is 9.31. The summed E-state index contributed by atoms with van der Waals surface area (Å²) in [6.07, 6.45) is -1.24. The topological polar surface area (TPSA) is 78.2 Å². The fourth-order valence-electron chi connectivity index (χ4n) is 3.99. The average molecular weight is 392 g/mol. The summed E-state index contributed by atoms with van der Waals surface area (Å²) in [6, 6.07) is 3.21. The molecular formula is C17H19F3N8. The van der Waals surface area contributed by atoms with Crippen molar-refractivity contribution in [3.8, 4) is 0 Å². The highest BCUT2D eigenvalue weighted by Gasteiger charge is 2.38. The molecule has 3 aromatic heterocycles. The van der Waals surface area contributed by atoms with Gasteiger partial charge >= 0.3 is 6.18 Å². The fraction of sp³-hybridized carbons (Fsp3) is 0.529. The number of aromatic amines is 1. The van der Waals surface area contributed by atoms with Crippen LogP contribution in [0.3, 0.4) is 0 Å². The maximum absolute atomic E-state index is 13.1. The van der Waals surface area contributed by atoms with Gasteiger partial charge in [0.15, 0.2) is 5.65 Å². The number of anilines is 1. The lowest BCUT2D eigenvalue weighted by atomic mass is 10.2. The lowest BCUT2D eigenvalue weighted by Gasteiger charge is -2.35. The van der Waals surface area contributed by atoms with Gasteiger partial charge in [0, 0.05) is 38.4 Å². The van der Waals surface area contributed by atoms with Gasteiger partial charge in [-0.15, -0.1) is 15.3 Å². The molecule has 0 amide bonds. The Morgan fingerprint density at radius 3 is 2.64 bits per heavy atom. The van der Waals surface area contributed by atoms with E-state index in [1.165, 1.54) is 23.7 Å². The number of fused-ring (bicyclic) bond motifs is 2. The molecule has 0 spiro atoms. The van der Waals surface area contributed by atoms with Crippen LogP contribution >= 0.6 is 0 Å². The zero-order valence-corrected chi connectivity index (χ0v) is 15.1. The van der Waals surface area contributed by atoms with Crippen molar-refractivity contribution in [3.63, 3.8) is 0 Å². The zero-order chi connectivity index (χ0) is 19.3. The SMILES string of the molecule is FC(F)(F)c1nnc2ccc(N3CCN(Cc4n[nH]c5c4CCC5)CC3)nn12. The van der Waals surface area contributed by atoms with Crippen molar-refractivity contribution in [1.29, 1.82) is 0 Å². The van der Waals surface area contributed by atoms with Crippen LogP contribution in [0, 0.1) is 0 Å². The summed E-state index contributed by atoms with van der Waals surface area (Å²) in [4.78, 5) is 4.31. The molecule has 11 heteroatoms. The van der Waals surface area contributed by atoms with Crippen molar-refractivity contribution in [2.75, 3.05) is 31.1 Å². The standard InChI is InChI=1S/C17H19F3N8/c18-17(19,20)16-24-23-14-4-5-15(25-28(14)16)27-8-6-26(7-9-27)10-13-11-2-1-3-12(11)21-22-13/h4-5H,1-3,6-10H2,(H,21,22). The van der Waals surface area contributed by atoms with Crippen LogP contribution in [0.5, 0.6) is 0 Å². The van der Waals surface area contributed by atoms with Crippen molar-refractivity contribution >= 4 is 11.5 Å². The number of hydrogen-bond acceptors (Lipinski definition) is 6. The molecule has 0 atom stereocenters. The summed E-state index contributed by atoms with van der Waals surface area (Å²) in [5.74, 6) is -0.603. The minimum atomic E-state index is -4.59. The molecule has 0 aromatic carbocycles. The van der Waals surface area contributed by atoms with Gasteiger partial charge in [0.2, 0.25) is 0 Å². The van der Waals surface area contributed by atoms with Gasteiger partial charge in [-0.05, 0) is 37.0 Å². The Kier molecular flexibility index (Phi) is 4.00. The van der Waals surface area contributed by atoms with Gasteiger partial charge in [-0.3, -0.25) is 10.00 Å². The van der Waals surface area contributed by atoms with Crippen LogP contribution in [0.15, 0.2) is 12.1 Å². The molecule has 1 fully saturated rings. The Labute approximate surface area is 158 Å². The van der Waals surface area contributed by atoms with Gasteiger partial charge in [0.05, 0.1) is 5.69 Å². The van der Waals surface area contributed by atoms with Crippen LogP contribution in [0.4, 0.5) is 19.0 Å². The van der Waals surface area contributed by atoms with Crippen LogP contribution < -0.4 is 4.90 Å². The van der Waals surface area contributed by atoms with Crippen LogP contribution in [0.2, 0.25) is 0 Å². The lowest BCUT2D eigenvalue weighted by Crippen LogP contribution is -2.46. The Balaban J connectivity index is 1.29. The molecule has 1 saturated heterocycles. The van der Waals surface area contributed by atoms with Crippen LogP contribution in [-0.4, -0.2) is 61.1 Å². The van der Waals surface area contributed by atoms with E-state index in [-0.39, 0.29) is 5.65 Å². The number of alkyl halides is 3. The summed E-state index contributed by atoms with van der Waals surface area (Å²) in [5, 5.41) is 18.5. The molecular weight excluding hydrogens is 373 g/mol. The molecule has 0 bridgehead atoms. The van der Waals surface area contributed by atoms with Crippen LogP contribution in [-0.2, 0) is 25.6 Å². The monoisotopic (exact) mass is 392 g/mol. The summed E-state index contributed by atoms with van der Waals surface area (Å²) < 4.78 is 40.0. The number of nitrogens with zero attached hydrogens (tertiary/aromatic N) is 7. The Bertz CT molecular complexity index is 1000. The maximum Gasteiger partial charge on any atom is 0.453 e. The smallest absolute Gasteiger partial charge is 0.353 e. The van der Waals surface area contributed by atoms with E-state index in [0.29, 0.717) is 18.9 Å². The number of hydrogen-bond donors (Lipinski definition) is 1. The van der Waals surface area contributed by atoms with E-state index in [9.17, 15) is 13.2 Å². The largest absolute Gasteiger partial charge is 0.453 e. The predicted octanol–water partition coefficient (Wildman–Crippen LogP) is 1.68. The molecule has 0 saturated carbocycles. The zero-order valence-electron chi connectivity index (χ0n) is 15.1. The van der Waals surface area contributed by atoms with Crippen molar-refractivity contribution in [3.05, 3.63) is 34.9 Å². The third-order valence-corrected chi connectivity index (χ3v) is 5.46. The van der Waals surface area contributed by atoms with Crippen molar-refractivity contribution < 1.29 is 13.2 Å². The van der Waals surface area contributed by atoms with Crippen molar-refractivity contribution in [2.24, 2.45) is 0 Å². The maximum atomic E-state index is 13.1. The summed E-state index contributed by atoms with van der Waals surface area (Å²) >= 11 is 0. The van der Waals surface area contributed by atoms with E-state index in [1.54, 1.807) is 6.07 Å². The Morgan fingerprint density at radius 2 is 1.86 bits per heavy atom. The van der Waals surface area contributed by atoms with E-state index in [4.69, 9.17) is 0 Å². The third kappa shape index (κ3) is 2.99. The molecule has 2 aliphatic rings. The average Bonchev–Trinajstić information content (AvgIpc) is 3.38. The predicted molar refractivity (Wildman–Crippen MR) is 93.9 cm³/mol. The van der Waals surface area contributed by atoms with Gasteiger partial charge in [-0.25, -0.2) is 0 Å². The minimum absolute atomic E-state index is 0.0853. The highest BCUT2D eigenvalue weighted by Crippen LogP contribution is 2.28. The molecule has 148 valence electrons. The van der Waals surface area contributed by atoms with Crippen molar-refractivity contribution in [2.45, 2.75) is 32.0 Å². The van der Waals surface area contributed by atoms with Gasteiger partial charge in [-0.2, -0.15) is 22.8 Å². The van der Waals surface area contributed by atoms with E-state index < -0.39 is 12.0 Å². The Morgan fingerprint density at radius 1 is 1.04 bits per heavy atom. The number of rotatable bonds is 3. The normalized spacial score (nSPS) is 18.2. The minimum Gasteiger partial charge on any atom is -0.353 e. The van der Waals surface area contributed by atoms with Crippen LogP contribution in [0.25, 0.3) is 5.65 Å². The third-order valence-electron chi connectivity index (χ3n) is 5.46. The van der Waals surface area contributed by atoms with E-state index in [1.807, 2.05) is 4.90 Å². The molecule has 5 rings (SSSR count). The van der Waals surface area contributed by atoms with E-state index in [2.05, 4.69) is 30.4 Å². The number of nitrogens with one attached hydrogen (secondary N) is 1. The molecule has 0 radical (unpaired) electrons. The molecule has 28 heavy (non-hydrogen) atoms. The number of halogens is 3. The second-order valence-corrected chi connectivity index (χ2v) is 7.23. The van der Waals surface area contributed by atoms with Gasteiger partial charge in [0.1, 0.15) is 5.82 Å². The molecule has 4 heterocycles. The van der Waals surface area contributed by atoms with E-state index in [0.717, 1.165) is 42.7 Å². The molecule has 0 unspecified atom stereocenters. The summed E-state index contributed by atoms with van der Waals surface area (Å²) in [6.45, 7) is 3.78. The lowest BCUT2D eigenvalue weighted by molar-refractivity contribution is -0.146. The second kappa shape index (κ2) is 6.43.